The van der Waals surface area contributed by atoms with Gasteiger partial charge in [-0.1, -0.05) is 55.2 Å². The van der Waals surface area contributed by atoms with Crippen LogP contribution in [-0.4, -0.2) is 24.7 Å². The Morgan fingerprint density at radius 2 is 1.69 bits per heavy atom. The van der Waals surface area contributed by atoms with Crippen molar-refractivity contribution in [1.82, 2.24) is 0 Å². The minimum Gasteiger partial charge on any atom is -0.466 e. The van der Waals surface area contributed by atoms with Crippen molar-refractivity contribution in [2.75, 3.05) is 11.9 Å². The summed E-state index contributed by atoms with van der Waals surface area (Å²) in [5, 5.41) is 3.04. The largest absolute Gasteiger partial charge is 0.466 e. The van der Waals surface area contributed by atoms with E-state index in [0.29, 0.717) is 17.0 Å². The Bertz CT molecular complexity index is 948. The van der Waals surface area contributed by atoms with Crippen LogP contribution in [0.15, 0.2) is 42.5 Å². The van der Waals surface area contributed by atoms with Crippen LogP contribution in [-0.2, 0) is 20.7 Å². The van der Waals surface area contributed by atoms with Gasteiger partial charge in [0.05, 0.1) is 35.1 Å². The van der Waals surface area contributed by atoms with Gasteiger partial charge in [0.15, 0.2) is 0 Å². The highest BCUT2D eigenvalue weighted by Crippen LogP contribution is 2.39. The molecule has 0 aliphatic heterocycles. The first-order chi connectivity index (χ1) is 14.9. The van der Waals surface area contributed by atoms with Crippen molar-refractivity contribution in [3.63, 3.8) is 0 Å². The topological polar surface area (TPSA) is 55.4 Å². The lowest BCUT2D eigenvalue weighted by atomic mass is 9.86. The summed E-state index contributed by atoms with van der Waals surface area (Å²) in [5.41, 5.74) is 1.02. The molecule has 0 aromatic heterocycles. The molecule has 0 fully saturated rings. The maximum atomic E-state index is 13.5. The molecule has 0 saturated heterocycles. The maximum absolute atomic E-state index is 13.5. The van der Waals surface area contributed by atoms with E-state index in [9.17, 15) is 22.8 Å². The normalized spacial score (nSPS) is 14.4. The van der Waals surface area contributed by atoms with Gasteiger partial charge in [-0.05, 0) is 48.7 Å². The molecule has 0 radical (unpaired) electrons. The molecule has 2 rings (SSSR count). The fourth-order valence-electron chi connectivity index (χ4n) is 3.25. The number of hydrogen-bond acceptors (Lipinski definition) is 3. The average molecular weight is 490 g/mol. The number of carbonyl (C=O) groups is 2. The minimum atomic E-state index is -4.59. The Balaban J connectivity index is 2.30. The maximum Gasteiger partial charge on any atom is 0.392 e. The second-order valence-corrected chi connectivity index (χ2v) is 8.36. The molecular weight excluding hydrogens is 466 g/mol. The third kappa shape index (κ3) is 6.87. The first kappa shape index (κ1) is 26.0. The molecule has 2 aromatic rings. The van der Waals surface area contributed by atoms with Crippen molar-refractivity contribution in [3.8, 4) is 0 Å². The van der Waals surface area contributed by atoms with Crippen molar-refractivity contribution in [3.05, 3.63) is 63.6 Å². The fourth-order valence-corrected chi connectivity index (χ4v) is 3.54. The number of rotatable bonds is 8. The fraction of sp³-hybridized carbons (Fsp3) is 0.391. The van der Waals surface area contributed by atoms with E-state index < -0.39 is 29.8 Å². The van der Waals surface area contributed by atoms with Crippen molar-refractivity contribution in [2.45, 2.75) is 39.3 Å². The van der Waals surface area contributed by atoms with Gasteiger partial charge < -0.3 is 10.1 Å². The van der Waals surface area contributed by atoms with Gasteiger partial charge in [-0.25, -0.2) is 0 Å². The van der Waals surface area contributed by atoms with Crippen molar-refractivity contribution in [1.29, 1.82) is 0 Å². The van der Waals surface area contributed by atoms with Crippen LogP contribution in [0.25, 0.3) is 0 Å². The van der Waals surface area contributed by atoms with Gasteiger partial charge in [0.1, 0.15) is 0 Å². The van der Waals surface area contributed by atoms with Crippen LogP contribution in [0.2, 0.25) is 10.0 Å². The average Bonchev–Trinajstić information content (AvgIpc) is 2.71. The highest BCUT2D eigenvalue weighted by Gasteiger charge is 2.45. The third-order valence-corrected chi connectivity index (χ3v) is 5.63. The molecule has 1 N–H and O–H groups in total. The molecule has 4 nitrogen and oxygen atoms in total. The Labute approximate surface area is 195 Å². The summed E-state index contributed by atoms with van der Waals surface area (Å²) >= 11 is 12.0. The van der Waals surface area contributed by atoms with Gasteiger partial charge in [0.2, 0.25) is 5.91 Å². The molecule has 0 aliphatic carbocycles. The first-order valence-electron chi connectivity index (χ1n) is 10.0. The molecule has 1 amide bonds. The Kier molecular flexibility index (Phi) is 8.98. The molecule has 32 heavy (non-hydrogen) atoms. The number of hydrogen-bond donors (Lipinski definition) is 1. The van der Waals surface area contributed by atoms with E-state index in [1.165, 1.54) is 30.3 Å². The zero-order chi connectivity index (χ0) is 24.1. The van der Waals surface area contributed by atoms with Gasteiger partial charge in [0, 0.05) is 5.02 Å². The van der Waals surface area contributed by atoms with Crippen LogP contribution in [0.3, 0.4) is 0 Å². The molecule has 1 unspecified atom stereocenters. The van der Waals surface area contributed by atoms with Gasteiger partial charge in [0.25, 0.3) is 0 Å². The van der Waals surface area contributed by atoms with Crippen LogP contribution >= 0.6 is 23.2 Å². The van der Waals surface area contributed by atoms with E-state index in [4.69, 9.17) is 27.9 Å². The van der Waals surface area contributed by atoms with Crippen LogP contribution in [0.5, 0.6) is 0 Å². The molecule has 0 spiro atoms. The number of benzene rings is 2. The molecule has 0 saturated carbocycles. The summed E-state index contributed by atoms with van der Waals surface area (Å²) in [6.45, 7) is 4.62. The van der Waals surface area contributed by atoms with Crippen LogP contribution in [0.1, 0.15) is 37.8 Å². The number of carbonyl (C=O) groups excluding carboxylic acids is 2. The zero-order valence-corrected chi connectivity index (χ0v) is 19.3. The monoisotopic (exact) mass is 489 g/mol. The number of alkyl halides is 3. The number of halogens is 5. The lowest BCUT2D eigenvalue weighted by Crippen LogP contribution is -2.34. The van der Waals surface area contributed by atoms with Gasteiger partial charge in [-0.3, -0.25) is 9.59 Å². The molecule has 0 aliphatic rings. The molecule has 3 atom stereocenters. The predicted molar refractivity (Wildman–Crippen MR) is 119 cm³/mol. The van der Waals surface area contributed by atoms with Crippen LogP contribution in [0, 0.1) is 11.8 Å². The van der Waals surface area contributed by atoms with E-state index >= 15 is 0 Å². The molecule has 0 bridgehead atoms. The SMILES string of the molecule is CCOC(=O)C(C)Cc1ccc(Cl)c(NC(=O)[C@H](c2ccc(Cl)cc2)[C@@H](C)C(F)(F)F)c1. The Hall–Kier alpha value is -2.25. The molecule has 9 heteroatoms. The summed E-state index contributed by atoms with van der Waals surface area (Å²) in [4.78, 5) is 24.9. The molecular formula is C23H24Cl2F3NO3. The molecule has 174 valence electrons. The standard InChI is InChI=1S/C23H24Cl2F3NO3/c1-4-32-22(31)13(2)11-15-5-10-18(25)19(12-15)29-21(30)20(14(3)23(26,27)28)16-6-8-17(24)9-7-16/h5-10,12-14,20H,4,11H2,1-3H3,(H,29,30)/t13?,14-,20+/m1/s1. The van der Waals surface area contributed by atoms with Crippen LogP contribution < -0.4 is 5.32 Å². The van der Waals surface area contributed by atoms with E-state index in [2.05, 4.69) is 5.32 Å². The van der Waals surface area contributed by atoms with Crippen LogP contribution in [0.4, 0.5) is 18.9 Å². The quantitative estimate of drug-likeness (QED) is 0.422. The number of nitrogens with one attached hydrogen (secondary N) is 1. The second kappa shape index (κ2) is 11.1. The Morgan fingerprint density at radius 1 is 1.06 bits per heavy atom. The van der Waals surface area contributed by atoms with Crippen molar-refractivity contribution in [2.24, 2.45) is 11.8 Å². The second-order valence-electron chi connectivity index (χ2n) is 7.52. The van der Waals surface area contributed by atoms with Gasteiger partial charge in [-0.2, -0.15) is 13.2 Å². The zero-order valence-electron chi connectivity index (χ0n) is 17.8. The lowest BCUT2D eigenvalue weighted by molar-refractivity contribution is -0.178. The van der Waals surface area contributed by atoms with E-state index in [1.54, 1.807) is 26.0 Å². The first-order valence-corrected chi connectivity index (χ1v) is 10.8. The summed E-state index contributed by atoms with van der Waals surface area (Å²) in [7, 11) is 0. The summed E-state index contributed by atoms with van der Waals surface area (Å²) in [5.74, 6) is -5.11. The minimum absolute atomic E-state index is 0.165. The number of esters is 1. The van der Waals surface area contributed by atoms with Crippen molar-refractivity contribution >= 4 is 40.8 Å². The smallest absolute Gasteiger partial charge is 0.392 e. The molecule has 2 aromatic carbocycles. The Morgan fingerprint density at radius 3 is 2.25 bits per heavy atom. The summed E-state index contributed by atoms with van der Waals surface area (Å²) in [6.07, 6.45) is -4.28. The number of anilines is 1. The van der Waals surface area contributed by atoms with E-state index in [-0.39, 0.29) is 28.8 Å². The van der Waals surface area contributed by atoms with Gasteiger partial charge >= 0.3 is 12.1 Å². The summed E-state index contributed by atoms with van der Waals surface area (Å²) in [6, 6.07) is 10.4. The third-order valence-electron chi connectivity index (χ3n) is 5.05. The van der Waals surface area contributed by atoms with E-state index in [1.807, 2.05) is 0 Å². The predicted octanol–water partition coefficient (Wildman–Crippen LogP) is 6.66. The number of ether oxygens (including phenoxy) is 1. The lowest BCUT2D eigenvalue weighted by Gasteiger charge is -2.26. The highest BCUT2D eigenvalue weighted by atomic mass is 35.5. The molecule has 0 heterocycles. The highest BCUT2D eigenvalue weighted by molar-refractivity contribution is 6.33. The van der Waals surface area contributed by atoms with E-state index in [0.717, 1.165) is 6.92 Å². The summed E-state index contributed by atoms with van der Waals surface area (Å²) < 4.78 is 45.5. The van der Waals surface area contributed by atoms with Crippen molar-refractivity contribution < 1.29 is 27.5 Å². The van der Waals surface area contributed by atoms with Gasteiger partial charge in [-0.15, -0.1) is 0 Å². The number of amides is 1.